The molecule has 1 aliphatic heterocycles. The van der Waals surface area contributed by atoms with Crippen LogP contribution in [-0.2, 0) is 39.9 Å². The first-order chi connectivity index (χ1) is 15.4. The molecule has 2 rings (SSSR count). The third kappa shape index (κ3) is 8.84. The number of hydrogen-bond donors (Lipinski definition) is 2. The van der Waals surface area contributed by atoms with Crippen LogP contribution in [0.2, 0.25) is 0 Å². The molecule has 4 amide bonds. The van der Waals surface area contributed by atoms with Crippen LogP contribution in [0.1, 0.15) is 38.2 Å². The van der Waals surface area contributed by atoms with Crippen molar-refractivity contribution >= 4 is 35.3 Å². The number of imide groups is 1. The second-order valence-corrected chi connectivity index (χ2v) is 7.18. The number of benzene rings is 1. The molecule has 0 aromatic heterocycles. The molecule has 0 radical (unpaired) electrons. The number of likely N-dealkylation sites (tertiary alicyclic amines) is 1. The number of nitrogens with one attached hydrogen (secondary N) is 2. The Labute approximate surface area is 186 Å². The molecule has 0 atom stereocenters. The molecule has 0 unspecified atom stereocenters. The minimum Gasteiger partial charge on any atom is -0.466 e. The van der Waals surface area contributed by atoms with Gasteiger partial charge in [-0.05, 0) is 17.7 Å². The maximum atomic E-state index is 12.0. The number of amides is 4. The molecule has 1 aromatic carbocycles. The van der Waals surface area contributed by atoms with Crippen molar-refractivity contribution in [1.82, 2.24) is 10.2 Å². The highest BCUT2D eigenvalue weighted by atomic mass is 16.5. The van der Waals surface area contributed by atoms with Crippen molar-refractivity contribution in [2.75, 3.05) is 38.2 Å². The summed E-state index contributed by atoms with van der Waals surface area (Å²) in [5, 5.41) is 5.22. The van der Waals surface area contributed by atoms with Gasteiger partial charge in [-0.1, -0.05) is 19.1 Å². The van der Waals surface area contributed by atoms with Crippen molar-refractivity contribution in [3.63, 3.8) is 0 Å². The Bertz CT molecular complexity index is 823. The summed E-state index contributed by atoms with van der Waals surface area (Å²) in [5.41, 5.74) is 1.24. The first-order valence-electron chi connectivity index (χ1n) is 10.6. The van der Waals surface area contributed by atoms with Gasteiger partial charge in [0.25, 0.3) is 0 Å². The van der Waals surface area contributed by atoms with E-state index < -0.39 is 11.8 Å². The standard InChI is InChI=1S/C22H29N3O7/c1-2-22(30)32-12-3-11-31-13-9-23-18(26)15-19(27)24-17-6-4-16(5-7-17)14-21(29)25-10-8-20(25)28/h4-7H,2-3,8-15H2,1H3,(H,23,26)(H,24,27). The molecule has 32 heavy (non-hydrogen) atoms. The molecule has 10 nitrogen and oxygen atoms in total. The van der Waals surface area contributed by atoms with Gasteiger partial charge in [-0.15, -0.1) is 0 Å². The average molecular weight is 447 g/mol. The topological polar surface area (TPSA) is 131 Å². The van der Waals surface area contributed by atoms with Crippen LogP contribution in [-0.4, -0.2) is 67.4 Å². The lowest BCUT2D eigenvalue weighted by Crippen LogP contribution is -2.48. The Hall–Kier alpha value is -3.27. The van der Waals surface area contributed by atoms with E-state index in [1.807, 2.05) is 0 Å². The van der Waals surface area contributed by atoms with Crippen LogP contribution in [0.15, 0.2) is 24.3 Å². The summed E-state index contributed by atoms with van der Waals surface area (Å²) in [5.74, 6) is -1.53. The van der Waals surface area contributed by atoms with E-state index in [0.29, 0.717) is 44.7 Å². The summed E-state index contributed by atoms with van der Waals surface area (Å²) in [4.78, 5) is 59.3. The van der Waals surface area contributed by atoms with Crippen LogP contribution in [0.4, 0.5) is 5.69 Å². The summed E-state index contributed by atoms with van der Waals surface area (Å²) in [6.45, 7) is 3.46. The highest BCUT2D eigenvalue weighted by Gasteiger charge is 2.29. The van der Waals surface area contributed by atoms with Gasteiger partial charge in [-0.25, -0.2) is 0 Å². The number of carbonyl (C=O) groups excluding carboxylic acids is 5. The zero-order valence-corrected chi connectivity index (χ0v) is 18.2. The highest BCUT2D eigenvalue weighted by molar-refractivity contribution is 6.03. The largest absolute Gasteiger partial charge is 0.466 e. The van der Waals surface area contributed by atoms with Crippen LogP contribution in [0.5, 0.6) is 0 Å². The Kier molecular flexibility index (Phi) is 10.3. The van der Waals surface area contributed by atoms with Crippen molar-refractivity contribution in [2.45, 2.75) is 39.0 Å². The first-order valence-corrected chi connectivity index (χ1v) is 10.6. The number of ether oxygens (including phenoxy) is 2. The molecule has 174 valence electrons. The molecule has 1 heterocycles. The fourth-order valence-electron chi connectivity index (χ4n) is 2.78. The summed E-state index contributed by atoms with van der Waals surface area (Å²) in [6.07, 6.45) is 1.12. The molecule has 1 saturated heterocycles. The van der Waals surface area contributed by atoms with Gasteiger partial charge < -0.3 is 20.1 Å². The van der Waals surface area contributed by atoms with E-state index in [2.05, 4.69) is 10.6 Å². The van der Waals surface area contributed by atoms with Gasteiger partial charge in [0.1, 0.15) is 6.42 Å². The van der Waals surface area contributed by atoms with Crippen molar-refractivity contribution < 1.29 is 33.4 Å². The predicted molar refractivity (Wildman–Crippen MR) is 114 cm³/mol. The number of rotatable bonds is 13. The zero-order valence-electron chi connectivity index (χ0n) is 18.2. The van der Waals surface area contributed by atoms with E-state index in [1.54, 1.807) is 31.2 Å². The van der Waals surface area contributed by atoms with Crippen LogP contribution in [0, 0.1) is 0 Å². The molecule has 1 aliphatic rings. The summed E-state index contributed by atoms with van der Waals surface area (Å²) >= 11 is 0. The fourth-order valence-corrected chi connectivity index (χ4v) is 2.78. The van der Waals surface area contributed by atoms with Crippen LogP contribution in [0.25, 0.3) is 0 Å². The van der Waals surface area contributed by atoms with Gasteiger partial charge in [0.15, 0.2) is 0 Å². The minimum absolute atomic E-state index is 0.119. The van der Waals surface area contributed by atoms with Gasteiger partial charge >= 0.3 is 5.97 Å². The number of nitrogens with zero attached hydrogens (tertiary/aromatic N) is 1. The predicted octanol–water partition coefficient (Wildman–Crippen LogP) is 0.793. The molecule has 0 aliphatic carbocycles. The average Bonchev–Trinajstić information content (AvgIpc) is 2.75. The Balaban J connectivity index is 1.56. The van der Waals surface area contributed by atoms with E-state index in [1.165, 1.54) is 4.90 Å². The molecular formula is C22H29N3O7. The van der Waals surface area contributed by atoms with E-state index in [0.717, 1.165) is 5.56 Å². The van der Waals surface area contributed by atoms with E-state index in [4.69, 9.17) is 9.47 Å². The van der Waals surface area contributed by atoms with Gasteiger partial charge in [0.05, 0.1) is 19.6 Å². The lowest BCUT2D eigenvalue weighted by molar-refractivity contribution is -0.152. The summed E-state index contributed by atoms with van der Waals surface area (Å²) in [7, 11) is 0. The Morgan fingerprint density at radius 2 is 1.78 bits per heavy atom. The van der Waals surface area contributed by atoms with Gasteiger partial charge in [0.2, 0.25) is 23.6 Å². The molecule has 1 aromatic rings. The van der Waals surface area contributed by atoms with Crippen molar-refractivity contribution in [1.29, 1.82) is 0 Å². The number of carbonyl (C=O) groups is 5. The molecule has 0 bridgehead atoms. The fraction of sp³-hybridized carbons (Fsp3) is 0.500. The second-order valence-electron chi connectivity index (χ2n) is 7.18. The number of β-lactam (4-membered cyclic amide) rings is 1. The summed E-state index contributed by atoms with van der Waals surface area (Å²) in [6, 6.07) is 6.67. The van der Waals surface area contributed by atoms with E-state index in [-0.39, 0.29) is 43.8 Å². The van der Waals surface area contributed by atoms with Gasteiger partial charge in [-0.2, -0.15) is 0 Å². The normalized spacial score (nSPS) is 12.7. The lowest BCUT2D eigenvalue weighted by atomic mass is 10.1. The maximum absolute atomic E-state index is 12.0. The van der Waals surface area contributed by atoms with Crippen molar-refractivity contribution in [3.05, 3.63) is 29.8 Å². The number of anilines is 1. The number of hydrogen-bond acceptors (Lipinski definition) is 7. The second kappa shape index (κ2) is 13.2. The van der Waals surface area contributed by atoms with Gasteiger partial charge in [0, 0.05) is 44.6 Å². The van der Waals surface area contributed by atoms with Crippen LogP contribution >= 0.6 is 0 Å². The van der Waals surface area contributed by atoms with Crippen molar-refractivity contribution in [3.8, 4) is 0 Å². The summed E-state index contributed by atoms with van der Waals surface area (Å²) < 4.78 is 10.2. The molecule has 2 N–H and O–H groups in total. The smallest absolute Gasteiger partial charge is 0.305 e. The third-order valence-electron chi connectivity index (χ3n) is 4.62. The van der Waals surface area contributed by atoms with Crippen molar-refractivity contribution in [2.24, 2.45) is 0 Å². The minimum atomic E-state index is -0.462. The quantitative estimate of drug-likeness (QED) is 0.198. The van der Waals surface area contributed by atoms with E-state index in [9.17, 15) is 24.0 Å². The molecular weight excluding hydrogens is 418 g/mol. The molecule has 10 heteroatoms. The third-order valence-corrected chi connectivity index (χ3v) is 4.62. The number of esters is 1. The Morgan fingerprint density at radius 1 is 1.03 bits per heavy atom. The first kappa shape index (κ1) is 25.0. The Morgan fingerprint density at radius 3 is 2.41 bits per heavy atom. The van der Waals surface area contributed by atoms with Crippen LogP contribution in [0.3, 0.4) is 0 Å². The monoisotopic (exact) mass is 447 g/mol. The lowest BCUT2D eigenvalue weighted by Gasteiger charge is -2.28. The maximum Gasteiger partial charge on any atom is 0.305 e. The van der Waals surface area contributed by atoms with E-state index >= 15 is 0 Å². The van der Waals surface area contributed by atoms with Crippen LogP contribution < -0.4 is 10.6 Å². The zero-order chi connectivity index (χ0) is 23.3. The molecule has 0 saturated carbocycles. The molecule has 0 spiro atoms. The van der Waals surface area contributed by atoms with Gasteiger partial charge in [-0.3, -0.25) is 28.9 Å². The highest BCUT2D eigenvalue weighted by Crippen LogP contribution is 2.14. The molecule has 1 fully saturated rings. The SMILES string of the molecule is CCC(=O)OCCCOCCNC(=O)CC(=O)Nc1ccc(CC(=O)N2CCC2=O)cc1.